The van der Waals surface area contributed by atoms with E-state index in [0.717, 1.165) is 56.8 Å². The molecular weight excluding hydrogens is 290 g/mol. The number of likely N-dealkylation sites (tertiary alicyclic amines) is 1. The van der Waals surface area contributed by atoms with Gasteiger partial charge in [0, 0.05) is 37.4 Å². The van der Waals surface area contributed by atoms with Crippen LogP contribution < -0.4 is 0 Å². The van der Waals surface area contributed by atoms with Gasteiger partial charge in [-0.3, -0.25) is 4.90 Å². The van der Waals surface area contributed by atoms with E-state index in [4.69, 9.17) is 4.74 Å². The zero-order valence-corrected chi connectivity index (χ0v) is 13.7. The molecule has 2 aromatic rings. The maximum atomic E-state index is 10.3. The summed E-state index contributed by atoms with van der Waals surface area (Å²) >= 11 is 0. The molecule has 0 amide bonds. The van der Waals surface area contributed by atoms with Gasteiger partial charge in [-0.05, 0) is 45.0 Å². The predicted octanol–water partition coefficient (Wildman–Crippen LogP) is 2.09. The van der Waals surface area contributed by atoms with Crippen LogP contribution in [0, 0.1) is 5.41 Å². The van der Waals surface area contributed by atoms with Crippen molar-refractivity contribution in [3.63, 3.8) is 0 Å². The fourth-order valence-corrected chi connectivity index (χ4v) is 4.24. The van der Waals surface area contributed by atoms with Gasteiger partial charge in [-0.15, -0.1) is 0 Å². The quantitative estimate of drug-likeness (QED) is 0.938. The Hall–Kier alpha value is -1.43. The van der Waals surface area contributed by atoms with Crippen molar-refractivity contribution in [2.45, 2.75) is 44.9 Å². The third-order valence-corrected chi connectivity index (χ3v) is 5.70. The zero-order chi connectivity index (χ0) is 15.9. The van der Waals surface area contributed by atoms with Crippen molar-refractivity contribution in [1.29, 1.82) is 0 Å². The lowest BCUT2D eigenvalue weighted by atomic mass is 9.58. The molecule has 1 N–H and O–H groups in total. The third kappa shape index (κ3) is 2.57. The van der Waals surface area contributed by atoms with Crippen LogP contribution in [0.15, 0.2) is 30.6 Å². The minimum atomic E-state index is -0.184. The number of pyridine rings is 1. The van der Waals surface area contributed by atoms with Gasteiger partial charge in [0.05, 0.1) is 17.9 Å². The first-order valence-corrected chi connectivity index (χ1v) is 8.66. The highest BCUT2D eigenvalue weighted by Gasteiger charge is 2.55. The molecule has 5 nitrogen and oxygen atoms in total. The summed E-state index contributed by atoms with van der Waals surface area (Å²) in [4.78, 5) is 7.13. The van der Waals surface area contributed by atoms with Gasteiger partial charge in [-0.25, -0.2) is 4.98 Å². The van der Waals surface area contributed by atoms with Gasteiger partial charge in [0.15, 0.2) is 0 Å². The molecule has 5 heteroatoms. The second kappa shape index (κ2) is 5.89. The number of nitrogens with zero attached hydrogens (tertiary/aromatic N) is 3. The van der Waals surface area contributed by atoms with E-state index in [1.54, 1.807) is 0 Å². The van der Waals surface area contributed by atoms with E-state index in [-0.39, 0.29) is 17.6 Å². The molecule has 4 rings (SSSR count). The average molecular weight is 315 g/mol. The SMILES string of the molecule is CCOC1CC(O)C12CCN(Cc1cn3ccccc3n1)CC2. The van der Waals surface area contributed by atoms with Crippen molar-refractivity contribution in [3.05, 3.63) is 36.3 Å². The summed E-state index contributed by atoms with van der Waals surface area (Å²) in [5.74, 6) is 0. The van der Waals surface area contributed by atoms with E-state index in [9.17, 15) is 5.11 Å². The number of hydrogen-bond acceptors (Lipinski definition) is 4. The molecule has 2 atom stereocenters. The molecule has 2 aliphatic rings. The molecule has 0 radical (unpaired) electrons. The summed E-state index contributed by atoms with van der Waals surface area (Å²) in [5.41, 5.74) is 2.12. The first kappa shape index (κ1) is 15.1. The fraction of sp³-hybridized carbons (Fsp3) is 0.611. The predicted molar refractivity (Wildman–Crippen MR) is 88.2 cm³/mol. The number of ether oxygens (including phenoxy) is 1. The van der Waals surface area contributed by atoms with Gasteiger partial charge in [-0.2, -0.15) is 0 Å². The highest BCUT2D eigenvalue weighted by Crippen LogP contribution is 2.51. The van der Waals surface area contributed by atoms with Gasteiger partial charge in [0.25, 0.3) is 0 Å². The van der Waals surface area contributed by atoms with E-state index in [1.165, 1.54) is 0 Å². The highest BCUT2D eigenvalue weighted by atomic mass is 16.5. The normalized spacial score (nSPS) is 27.4. The van der Waals surface area contributed by atoms with Gasteiger partial charge in [-0.1, -0.05) is 6.07 Å². The Morgan fingerprint density at radius 3 is 2.87 bits per heavy atom. The molecule has 2 fully saturated rings. The van der Waals surface area contributed by atoms with Gasteiger partial charge >= 0.3 is 0 Å². The van der Waals surface area contributed by atoms with Crippen molar-refractivity contribution >= 4 is 5.65 Å². The fourth-order valence-electron chi connectivity index (χ4n) is 4.24. The Labute approximate surface area is 136 Å². The Balaban J connectivity index is 1.40. The second-order valence-corrected chi connectivity index (χ2v) is 6.90. The Kier molecular flexibility index (Phi) is 3.87. The van der Waals surface area contributed by atoms with Crippen LogP contribution in [0.1, 0.15) is 31.9 Å². The van der Waals surface area contributed by atoms with Crippen LogP contribution in [0.4, 0.5) is 0 Å². The largest absolute Gasteiger partial charge is 0.392 e. The highest BCUT2D eigenvalue weighted by molar-refractivity contribution is 5.39. The van der Waals surface area contributed by atoms with Crippen LogP contribution >= 0.6 is 0 Å². The summed E-state index contributed by atoms with van der Waals surface area (Å²) in [7, 11) is 0. The summed E-state index contributed by atoms with van der Waals surface area (Å²) in [6.45, 7) is 5.68. The molecular formula is C18H25N3O2. The number of hydrogen-bond donors (Lipinski definition) is 1. The maximum Gasteiger partial charge on any atom is 0.137 e. The smallest absolute Gasteiger partial charge is 0.137 e. The molecule has 1 spiro atoms. The average Bonchev–Trinajstić information content (AvgIpc) is 2.97. The van der Waals surface area contributed by atoms with Crippen LogP contribution in [-0.2, 0) is 11.3 Å². The topological polar surface area (TPSA) is 50.0 Å². The van der Waals surface area contributed by atoms with Crippen LogP contribution in [0.3, 0.4) is 0 Å². The molecule has 3 heterocycles. The maximum absolute atomic E-state index is 10.3. The number of aromatic nitrogens is 2. The number of piperidine rings is 1. The van der Waals surface area contributed by atoms with E-state index in [1.807, 2.05) is 31.3 Å². The number of rotatable bonds is 4. The molecule has 124 valence electrons. The Morgan fingerprint density at radius 1 is 1.35 bits per heavy atom. The molecule has 1 aliphatic carbocycles. The minimum Gasteiger partial charge on any atom is -0.392 e. The van der Waals surface area contributed by atoms with E-state index < -0.39 is 0 Å². The number of fused-ring (bicyclic) bond motifs is 1. The summed E-state index contributed by atoms with van der Waals surface area (Å²) in [6, 6.07) is 6.07. The van der Waals surface area contributed by atoms with Crippen LogP contribution in [0.2, 0.25) is 0 Å². The summed E-state index contributed by atoms with van der Waals surface area (Å²) in [6.07, 6.45) is 7.06. The van der Waals surface area contributed by atoms with Crippen molar-refractivity contribution in [1.82, 2.24) is 14.3 Å². The summed E-state index contributed by atoms with van der Waals surface area (Å²) < 4.78 is 7.91. The van der Waals surface area contributed by atoms with Gasteiger partial charge in [0.1, 0.15) is 5.65 Å². The van der Waals surface area contributed by atoms with Crippen molar-refractivity contribution in [3.8, 4) is 0 Å². The van der Waals surface area contributed by atoms with Crippen LogP contribution in [-0.4, -0.2) is 51.3 Å². The van der Waals surface area contributed by atoms with Gasteiger partial charge in [0.2, 0.25) is 0 Å². The van der Waals surface area contributed by atoms with Crippen molar-refractivity contribution in [2.24, 2.45) is 5.41 Å². The van der Waals surface area contributed by atoms with E-state index in [0.29, 0.717) is 0 Å². The molecule has 1 saturated heterocycles. The second-order valence-electron chi connectivity index (χ2n) is 6.90. The minimum absolute atomic E-state index is 0.00538. The molecule has 2 unspecified atom stereocenters. The molecule has 0 aromatic carbocycles. The number of aliphatic hydroxyl groups excluding tert-OH is 1. The lowest BCUT2D eigenvalue weighted by Gasteiger charge is -2.56. The van der Waals surface area contributed by atoms with Gasteiger partial charge < -0.3 is 14.2 Å². The van der Waals surface area contributed by atoms with Crippen LogP contribution in [0.25, 0.3) is 5.65 Å². The molecule has 0 bridgehead atoms. The lowest BCUT2D eigenvalue weighted by Crippen LogP contribution is -2.62. The molecule has 2 aromatic heterocycles. The number of imidazole rings is 1. The Bertz CT molecular complexity index is 641. The molecule has 23 heavy (non-hydrogen) atoms. The standard InChI is InChI=1S/C18H25N3O2/c1-2-23-16-11-15(22)18(16)6-9-20(10-7-18)12-14-13-21-8-4-3-5-17(21)19-14/h3-5,8,13,15-16,22H,2,6-7,9-12H2,1H3. The van der Waals surface area contributed by atoms with E-state index in [2.05, 4.69) is 20.5 Å². The van der Waals surface area contributed by atoms with Crippen molar-refractivity contribution < 1.29 is 9.84 Å². The summed E-state index contributed by atoms with van der Waals surface area (Å²) in [5, 5.41) is 10.3. The Morgan fingerprint density at radius 2 is 2.17 bits per heavy atom. The van der Waals surface area contributed by atoms with E-state index >= 15 is 0 Å². The first-order valence-electron chi connectivity index (χ1n) is 8.66. The lowest BCUT2D eigenvalue weighted by molar-refractivity contribution is -0.209. The zero-order valence-electron chi connectivity index (χ0n) is 13.7. The monoisotopic (exact) mass is 315 g/mol. The van der Waals surface area contributed by atoms with Crippen molar-refractivity contribution in [2.75, 3.05) is 19.7 Å². The third-order valence-electron chi connectivity index (χ3n) is 5.70. The number of aliphatic hydroxyl groups is 1. The molecule has 1 aliphatic heterocycles. The first-order chi connectivity index (χ1) is 11.2. The molecule has 1 saturated carbocycles. The van der Waals surface area contributed by atoms with Crippen LogP contribution in [0.5, 0.6) is 0 Å².